The summed E-state index contributed by atoms with van der Waals surface area (Å²) in [6, 6.07) is 4.98. The van der Waals surface area contributed by atoms with Crippen LogP contribution in [0.5, 0.6) is 0 Å². The number of hydrogen-bond donors (Lipinski definition) is 0. The molecule has 1 aromatic rings. The van der Waals surface area contributed by atoms with Crippen LogP contribution >= 0.6 is 11.3 Å². The zero-order chi connectivity index (χ0) is 14.1. The molecule has 0 aliphatic carbocycles. The Labute approximate surface area is 131 Å². The number of thiophene rings is 1. The molecule has 0 aromatic carbocycles. The van der Waals surface area contributed by atoms with Crippen LogP contribution in [0.2, 0.25) is 13.3 Å². The summed E-state index contributed by atoms with van der Waals surface area (Å²) in [5, 5.41) is 0. The van der Waals surface area contributed by atoms with Gasteiger partial charge < -0.3 is 0 Å². The average Bonchev–Trinajstić information content (AvgIpc) is 2.85. The first-order valence-electron chi connectivity index (χ1n) is 8.25. The molecule has 0 spiro atoms. The Kier molecular flexibility index (Phi) is 8.99. The second-order valence-electron chi connectivity index (χ2n) is 6.00. The number of unbranched alkanes of at least 4 members (excludes halogenated alkanes) is 3. The molecule has 19 heavy (non-hydrogen) atoms. The molecule has 0 unspecified atom stereocenters. The predicted octanol–water partition coefficient (Wildman–Crippen LogP) is 3.79. The minimum atomic E-state index is -2.03. The van der Waals surface area contributed by atoms with E-state index in [0.29, 0.717) is 0 Å². The van der Waals surface area contributed by atoms with Gasteiger partial charge in [0.25, 0.3) is 0 Å². The van der Waals surface area contributed by atoms with Gasteiger partial charge in [0, 0.05) is 0 Å². The van der Waals surface area contributed by atoms with E-state index >= 15 is 0 Å². The Morgan fingerprint density at radius 2 is 1.37 bits per heavy atom. The van der Waals surface area contributed by atoms with Crippen molar-refractivity contribution in [1.29, 1.82) is 0 Å². The van der Waals surface area contributed by atoms with Gasteiger partial charge in [-0.2, -0.15) is 0 Å². The zero-order valence-corrected chi connectivity index (χ0v) is 19.1. The van der Waals surface area contributed by atoms with Crippen molar-refractivity contribution in [3.05, 3.63) is 12.1 Å². The Morgan fingerprint density at radius 3 is 1.68 bits per heavy atom. The minimum absolute atomic E-state index is 1.25. The molecule has 1 aromatic heterocycles. The van der Waals surface area contributed by atoms with Crippen LogP contribution in [0.25, 0.3) is 0 Å². The van der Waals surface area contributed by atoms with Crippen molar-refractivity contribution in [2.24, 2.45) is 0 Å². The van der Waals surface area contributed by atoms with Gasteiger partial charge in [-0.15, -0.1) is 0 Å². The number of hydrogen-bond acceptors (Lipinski definition) is 1. The van der Waals surface area contributed by atoms with Crippen LogP contribution in [0.1, 0.15) is 59.3 Å². The first-order chi connectivity index (χ1) is 9.18. The van der Waals surface area contributed by atoms with E-state index in [1.807, 2.05) is 2.89 Å². The third-order valence-corrected chi connectivity index (χ3v) is 24.5. The molecule has 0 nitrogen and oxygen atoms in total. The summed E-state index contributed by atoms with van der Waals surface area (Å²) in [6.45, 7) is 7.09. The van der Waals surface area contributed by atoms with Crippen LogP contribution in [0.15, 0.2) is 12.1 Å². The summed E-state index contributed by atoms with van der Waals surface area (Å²) in [5.41, 5.74) is 0. The monoisotopic (exact) mass is 404 g/mol. The van der Waals surface area contributed by atoms with E-state index in [1.54, 1.807) is 17.8 Å². The molecule has 0 aliphatic rings. The Hall–Kier alpha value is 0.716. The van der Waals surface area contributed by atoms with Crippen LogP contribution in [0, 0.1) is 0 Å². The predicted molar refractivity (Wildman–Crippen MR) is 98.4 cm³/mol. The number of rotatable bonds is 10. The molecule has 0 saturated carbocycles. The maximum absolute atomic E-state index is 2.55. The molecule has 0 saturated heterocycles. The molecule has 1 heterocycles. The van der Waals surface area contributed by atoms with Gasteiger partial charge in [0.15, 0.2) is 0 Å². The summed E-state index contributed by atoms with van der Waals surface area (Å²) >= 11 is 0.167. The quantitative estimate of drug-likeness (QED) is 0.522. The molecule has 0 N–H and O–H groups in total. The van der Waals surface area contributed by atoms with Gasteiger partial charge in [0.2, 0.25) is 0 Å². The fraction of sp³-hybridized carbons (Fsp3) is 0.750. The first kappa shape index (κ1) is 17.8. The van der Waals surface area contributed by atoms with Crippen LogP contribution in [0.4, 0.5) is 0 Å². The normalized spacial score (nSPS) is 12.2. The molecule has 0 atom stereocenters. The topological polar surface area (TPSA) is 0 Å². The summed E-state index contributed by atoms with van der Waals surface area (Å²) in [6.07, 6.45) is 8.61. The van der Waals surface area contributed by atoms with E-state index < -0.39 is 18.4 Å². The second-order valence-corrected chi connectivity index (χ2v) is 23.3. The third-order valence-electron chi connectivity index (χ3n) is 4.29. The van der Waals surface area contributed by atoms with Crippen molar-refractivity contribution in [2.45, 2.75) is 72.6 Å². The maximum atomic E-state index is 2.55. The van der Waals surface area contributed by atoms with Crippen LogP contribution in [-0.4, -0.2) is 28.6 Å². The summed E-state index contributed by atoms with van der Waals surface area (Å²) < 4.78 is 8.43. The third kappa shape index (κ3) is 5.54. The van der Waals surface area contributed by atoms with Crippen molar-refractivity contribution in [3.63, 3.8) is 0 Å². The molecular formula is C16H32SSiSn. The standard InChI is InChI=1S/C4H5SSi.3C4H9.Sn/c6-4-2-1-3-5-4;3*1-3-4-2;/h1-2H,6H3;3*1,3-4H2,2H3;. The zero-order valence-electron chi connectivity index (χ0n) is 13.4. The van der Waals surface area contributed by atoms with Crippen molar-refractivity contribution in [1.82, 2.24) is 0 Å². The molecular weight excluding hydrogens is 371 g/mol. The van der Waals surface area contributed by atoms with E-state index in [-0.39, 0.29) is 0 Å². The summed E-state index contributed by atoms with van der Waals surface area (Å²) in [7, 11) is 1.25. The molecule has 0 fully saturated rings. The Bertz CT molecular complexity index is 326. The van der Waals surface area contributed by atoms with Gasteiger partial charge in [-0.05, 0) is 0 Å². The molecule has 0 amide bonds. The molecule has 3 heteroatoms. The molecule has 1 rings (SSSR count). The van der Waals surface area contributed by atoms with Crippen molar-refractivity contribution >= 4 is 47.3 Å². The molecule has 110 valence electrons. The van der Waals surface area contributed by atoms with Gasteiger partial charge in [-0.3, -0.25) is 0 Å². The van der Waals surface area contributed by atoms with Gasteiger partial charge in [-0.25, -0.2) is 0 Å². The first-order valence-corrected chi connectivity index (χ1v) is 17.5. The van der Waals surface area contributed by atoms with E-state index in [0.717, 1.165) is 0 Å². The van der Waals surface area contributed by atoms with E-state index in [9.17, 15) is 0 Å². The van der Waals surface area contributed by atoms with Crippen molar-refractivity contribution < 1.29 is 0 Å². The Morgan fingerprint density at radius 1 is 0.895 bits per heavy atom. The van der Waals surface area contributed by atoms with Gasteiger partial charge in [0.1, 0.15) is 0 Å². The second kappa shape index (κ2) is 9.62. The Balaban J connectivity index is 2.93. The SMILES string of the molecule is CCC[CH2][Sn]([CH2]CCC)([CH2]CCC)[c]1ccc([SiH3])s1. The van der Waals surface area contributed by atoms with E-state index in [4.69, 9.17) is 0 Å². The van der Waals surface area contributed by atoms with E-state index in [1.165, 1.54) is 48.8 Å². The molecule has 0 aliphatic heterocycles. The molecule has 0 bridgehead atoms. The van der Waals surface area contributed by atoms with Gasteiger partial charge in [-0.1, -0.05) is 0 Å². The van der Waals surface area contributed by atoms with Crippen LogP contribution in [0.3, 0.4) is 0 Å². The van der Waals surface area contributed by atoms with Crippen molar-refractivity contribution in [3.8, 4) is 0 Å². The van der Waals surface area contributed by atoms with Gasteiger partial charge in [0.05, 0.1) is 0 Å². The molecule has 0 radical (unpaired) electrons. The van der Waals surface area contributed by atoms with Gasteiger partial charge >= 0.3 is 132 Å². The fourth-order valence-electron chi connectivity index (χ4n) is 3.01. The van der Waals surface area contributed by atoms with E-state index in [2.05, 4.69) is 44.2 Å². The van der Waals surface area contributed by atoms with Crippen LogP contribution in [-0.2, 0) is 0 Å². The summed E-state index contributed by atoms with van der Waals surface area (Å²) in [5.74, 6) is 0. The van der Waals surface area contributed by atoms with Crippen LogP contribution < -0.4 is 7.39 Å². The summed E-state index contributed by atoms with van der Waals surface area (Å²) in [4.78, 5) is 0. The van der Waals surface area contributed by atoms with Crippen molar-refractivity contribution in [2.75, 3.05) is 0 Å². The fourth-order valence-corrected chi connectivity index (χ4v) is 26.0. The average molecular weight is 403 g/mol.